The minimum Gasteiger partial charge on any atom is -0.441 e. The van der Waals surface area contributed by atoms with Crippen molar-refractivity contribution in [3.05, 3.63) is 85.7 Å². The van der Waals surface area contributed by atoms with Crippen molar-refractivity contribution in [3.8, 4) is 17.1 Å². The van der Waals surface area contributed by atoms with Crippen LogP contribution in [0, 0.1) is 10.5 Å². The molecule has 0 spiro atoms. The minimum atomic E-state index is -0.116. The van der Waals surface area contributed by atoms with Crippen molar-refractivity contribution >= 4 is 44.2 Å². The highest BCUT2D eigenvalue weighted by Crippen LogP contribution is 2.38. The predicted molar refractivity (Wildman–Crippen MR) is 125 cm³/mol. The molecule has 0 saturated heterocycles. The maximum absolute atomic E-state index is 5.66. The molecule has 0 radical (unpaired) electrons. The number of oxazole rings is 1. The first kappa shape index (κ1) is 18.7. The predicted octanol–water partition coefficient (Wildman–Crippen LogP) is 6.11. The first-order chi connectivity index (χ1) is 14.0. The number of aromatic nitrogens is 3. The third kappa shape index (κ3) is 3.07. The van der Waals surface area contributed by atoms with Crippen LogP contribution in [0.1, 0.15) is 35.5 Å². The van der Waals surface area contributed by atoms with Gasteiger partial charge in [0.1, 0.15) is 12.0 Å². The van der Waals surface area contributed by atoms with Gasteiger partial charge in [-0.15, -0.1) is 0 Å². The minimum absolute atomic E-state index is 0.116. The van der Waals surface area contributed by atoms with Gasteiger partial charge in [-0.05, 0) is 60.7 Å². The van der Waals surface area contributed by atoms with Crippen LogP contribution in [-0.2, 0) is 0 Å². The Labute approximate surface area is 190 Å². The molecule has 4 aromatic rings. The fraction of sp³-hybridized carbons (Fsp3) is 0.136. The van der Waals surface area contributed by atoms with E-state index in [-0.39, 0.29) is 6.04 Å². The molecule has 0 fully saturated rings. The molecule has 5 nitrogen and oxygen atoms in total. The summed E-state index contributed by atoms with van der Waals surface area (Å²) in [7, 11) is 0. The van der Waals surface area contributed by atoms with Crippen molar-refractivity contribution in [1.29, 1.82) is 0 Å². The maximum Gasteiger partial charge on any atom is 0.181 e. The zero-order valence-corrected chi connectivity index (χ0v) is 19.5. The molecule has 0 N–H and O–H groups in total. The van der Waals surface area contributed by atoms with Gasteiger partial charge in [0.2, 0.25) is 0 Å². The maximum atomic E-state index is 5.66. The number of fused-ring (bicyclic) bond motifs is 3. The first-order valence-corrected chi connectivity index (χ1v) is 11.0. The zero-order chi connectivity index (χ0) is 20.1. The van der Waals surface area contributed by atoms with Gasteiger partial charge in [-0.2, -0.15) is 0 Å². The van der Waals surface area contributed by atoms with Gasteiger partial charge in [0.15, 0.2) is 12.2 Å². The molecule has 144 valence electrons. The molecule has 5 rings (SSSR count). The van der Waals surface area contributed by atoms with Gasteiger partial charge < -0.3 is 4.42 Å². The van der Waals surface area contributed by atoms with Gasteiger partial charge in [0.25, 0.3) is 0 Å². The van der Waals surface area contributed by atoms with Crippen LogP contribution < -0.4 is 0 Å². The normalized spacial score (nSPS) is 15.4. The molecule has 2 aromatic carbocycles. The van der Waals surface area contributed by atoms with Crippen LogP contribution in [0.15, 0.2) is 69.1 Å². The van der Waals surface area contributed by atoms with E-state index in [1.807, 2.05) is 25.4 Å². The number of nitrogens with zero attached hydrogens (tertiary/aromatic N) is 4. The molecule has 1 aliphatic heterocycles. The Morgan fingerprint density at radius 1 is 1.10 bits per heavy atom. The van der Waals surface area contributed by atoms with Gasteiger partial charge in [-0.3, -0.25) is 9.56 Å². The largest absolute Gasteiger partial charge is 0.441 e. The fourth-order valence-electron chi connectivity index (χ4n) is 3.75. The van der Waals surface area contributed by atoms with E-state index in [4.69, 9.17) is 9.41 Å². The second-order valence-corrected chi connectivity index (χ2v) is 8.99. The number of imidazole rings is 1. The lowest BCUT2D eigenvalue weighted by Crippen LogP contribution is -2.08. The van der Waals surface area contributed by atoms with Crippen LogP contribution in [0.4, 0.5) is 0 Å². The number of benzene rings is 2. The summed E-state index contributed by atoms with van der Waals surface area (Å²) in [5, 5.41) is 0. The van der Waals surface area contributed by atoms with Crippen molar-refractivity contribution < 1.29 is 4.42 Å². The monoisotopic (exact) mass is 558 g/mol. The molecular weight excluding hydrogens is 543 g/mol. The molecule has 7 heteroatoms. The van der Waals surface area contributed by atoms with Crippen LogP contribution in [-0.4, -0.2) is 20.2 Å². The molecule has 29 heavy (non-hydrogen) atoms. The van der Waals surface area contributed by atoms with E-state index in [1.165, 1.54) is 6.39 Å². The highest BCUT2D eigenvalue weighted by Gasteiger charge is 2.28. The second-order valence-electron chi connectivity index (χ2n) is 6.91. The number of halogens is 2. The van der Waals surface area contributed by atoms with E-state index in [1.54, 1.807) is 0 Å². The summed E-state index contributed by atoms with van der Waals surface area (Å²) >= 11 is 6.00. The van der Waals surface area contributed by atoms with Crippen LogP contribution >= 0.6 is 38.5 Å². The SMILES string of the molecule is Cc1ncoc1-c1ncn2c1[C@@H](C)N=C(c1ccccc1I)c1cc(Br)ccc1-2. The lowest BCUT2D eigenvalue weighted by molar-refractivity contribution is 0.567. The molecule has 0 aliphatic carbocycles. The second kappa shape index (κ2) is 7.21. The van der Waals surface area contributed by atoms with E-state index >= 15 is 0 Å². The fourth-order valence-corrected chi connectivity index (χ4v) is 4.76. The summed E-state index contributed by atoms with van der Waals surface area (Å²) < 4.78 is 9.95. The Morgan fingerprint density at radius 2 is 1.93 bits per heavy atom. The van der Waals surface area contributed by atoms with Crippen molar-refractivity contribution in [1.82, 2.24) is 14.5 Å². The van der Waals surface area contributed by atoms with Gasteiger partial charge in [0.05, 0.1) is 28.8 Å². The van der Waals surface area contributed by atoms with E-state index < -0.39 is 0 Å². The molecule has 2 aromatic heterocycles. The van der Waals surface area contributed by atoms with Gasteiger partial charge in [0, 0.05) is 19.2 Å². The van der Waals surface area contributed by atoms with Gasteiger partial charge >= 0.3 is 0 Å². The Kier molecular flexibility index (Phi) is 4.66. The third-order valence-electron chi connectivity index (χ3n) is 5.09. The Bertz CT molecular complexity index is 1270. The molecule has 0 unspecified atom stereocenters. The quantitative estimate of drug-likeness (QED) is 0.279. The number of hydrogen-bond donors (Lipinski definition) is 0. The molecule has 1 atom stereocenters. The van der Waals surface area contributed by atoms with Crippen LogP contribution in [0.25, 0.3) is 17.1 Å². The number of rotatable bonds is 2. The first-order valence-electron chi connectivity index (χ1n) is 9.15. The molecule has 3 heterocycles. The average molecular weight is 559 g/mol. The van der Waals surface area contributed by atoms with Crippen LogP contribution in [0.2, 0.25) is 0 Å². The standard InChI is InChI=1S/C22H16BrIN4O/c1-12-21-20(22-13(2)26-11-29-22)25-10-28(21)18-8-7-14(23)9-16(18)19(27-12)15-5-3-4-6-17(15)24/h3-12H,1-2H3/t12-/m1/s1. The third-order valence-corrected chi connectivity index (χ3v) is 6.52. The van der Waals surface area contributed by atoms with Crippen LogP contribution in [0.5, 0.6) is 0 Å². The van der Waals surface area contributed by atoms with Gasteiger partial charge in [-0.1, -0.05) is 34.1 Å². The lowest BCUT2D eigenvalue weighted by atomic mass is 10.0. The lowest BCUT2D eigenvalue weighted by Gasteiger charge is -2.13. The molecule has 0 saturated carbocycles. The van der Waals surface area contributed by atoms with Crippen LogP contribution in [0.3, 0.4) is 0 Å². The smallest absolute Gasteiger partial charge is 0.181 e. The van der Waals surface area contributed by atoms with E-state index in [2.05, 4.69) is 90.3 Å². The summed E-state index contributed by atoms with van der Waals surface area (Å²) in [5.74, 6) is 0.692. The van der Waals surface area contributed by atoms with Crippen molar-refractivity contribution in [2.75, 3.05) is 0 Å². The highest BCUT2D eigenvalue weighted by molar-refractivity contribution is 14.1. The van der Waals surface area contributed by atoms with Gasteiger partial charge in [-0.25, -0.2) is 9.97 Å². The van der Waals surface area contributed by atoms with E-state index in [0.717, 1.165) is 47.7 Å². The number of aryl methyl sites for hydroxylation is 1. The Balaban J connectivity index is 1.82. The van der Waals surface area contributed by atoms with E-state index in [0.29, 0.717) is 5.76 Å². The Morgan fingerprint density at radius 3 is 2.69 bits per heavy atom. The number of hydrogen-bond acceptors (Lipinski definition) is 4. The topological polar surface area (TPSA) is 56.2 Å². The van der Waals surface area contributed by atoms with E-state index in [9.17, 15) is 0 Å². The summed E-state index contributed by atoms with van der Waals surface area (Å²) in [6.45, 7) is 4.03. The molecule has 1 aliphatic rings. The molecular formula is C22H16BrIN4O. The summed E-state index contributed by atoms with van der Waals surface area (Å²) in [6.07, 6.45) is 3.31. The average Bonchev–Trinajstić information content (AvgIpc) is 3.30. The highest BCUT2D eigenvalue weighted by atomic mass is 127. The summed E-state index contributed by atoms with van der Waals surface area (Å²) in [6, 6.07) is 14.5. The zero-order valence-electron chi connectivity index (χ0n) is 15.7. The summed E-state index contributed by atoms with van der Waals surface area (Å²) in [4.78, 5) is 14.1. The van der Waals surface area contributed by atoms with Crippen molar-refractivity contribution in [3.63, 3.8) is 0 Å². The van der Waals surface area contributed by atoms with Crippen molar-refractivity contribution in [2.24, 2.45) is 4.99 Å². The molecule has 0 bridgehead atoms. The van der Waals surface area contributed by atoms with Crippen molar-refractivity contribution in [2.45, 2.75) is 19.9 Å². The summed E-state index contributed by atoms with van der Waals surface area (Å²) in [5.41, 5.74) is 6.80. The Hall–Kier alpha value is -2.26. The molecule has 0 amide bonds. The number of aliphatic imine (C=N–C) groups is 1.